The summed E-state index contributed by atoms with van der Waals surface area (Å²) < 4.78 is 1.66. The largest absolute Gasteiger partial charge is 0.480 e. The number of amides is 2. The first-order valence-corrected chi connectivity index (χ1v) is 5.78. The zero-order valence-electron chi connectivity index (χ0n) is 11.1. The number of nitrogens with zero attached hydrogens (tertiary/aromatic N) is 3. The molecule has 0 aliphatic rings. The summed E-state index contributed by atoms with van der Waals surface area (Å²) in [7, 11) is 1.80. The minimum absolute atomic E-state index is 0.185. The first-order valence-electron chi connectivity index (χ1n) is 5.78. The topological polar surface area (TPSA) is 87.5 Å². The summed E-state index contributed by atoms with van der Waals surface area (Å²) in [5.41, 5.74) is 1.72. The summed E-state index contributed by atoms with van der Waals surface area (Å²) in [6, 6.07) is -0.439. The second-order valence-electron chi connectivity index (χ2n) is 4.14. The van der Waals surface area contributed by atoms with Crippen molar-refractivity contribution in [2.24, 2.45) is 7.05 Å². The Bertz CT molecular complexity index is 481. The Morgan fingerprint density at radius 3 is 2.79 bits per heavy atom. The molecule has 0 fully saturated rings. The Hall–Kier alpha value is -2.31. The summed E-state index contributed by atoms with van der Waals surface area (Å²) >= 11 is 0. The first-order chi connectivity index (χ1) is 8.93. The molecule has 0 saturated heterocycles. The van der Waals surface area contributed by atoms with Crippen LogP contribution in [0.15, 0.2) is 18.9 Å². The molecule has 0 saturated carbocycles. The number of carboxylic acid groups (broad SMARTS) is 1. The van der Waals surface area contributed by atoms with Crippen molar-refractivity contribution in [1.82, 2.24) is 20.0 Å². The summed E-state index contributed by atoms with van der Waals surface area (Å²) in [5.74, 6) is -1.06. The van der Waals surface area contributed by atoms with Crippen LogP contribution in [-0.4, -0.2) is 44.9 Å². The normalized spacial score (nSPS) is 10.0. The molecule has 0 aliphatic carbocycles. The molecular formula is C12H18N4O3. The lowest BCUT2D eigenvalue weighted by atomic mass is 10.3. The van der Waals surface area contributed by atoms with Gasteiger partial charge in [0.05, 0.1) is 5.69 Å². The Balaban J connectivity index is 2.59. The highest BCUT2D eigenvalue weighted by Crippen LogP contribution is 2.04. The zero-order valence-corrected chi connectivity index (χ0v) is 11.1. The molecule has 7 heteroatoms. The molecule has 1 aromatic heterocycles. The molecule has 2 N–H and O–H groups in total. The molecule has 2 amide bonds. The third kappa shape index (κ3) is 4.46. The number of nitrogens with one attached hydrogen (secondary N) is 1. The van der Waals surface area contributed by atoms with Crippen molar-refractivity contribution in [2.75, 3.05) is 13.1 Å². The van der Waals surface area contributed by atoms with Crippen LogP contribution in [0.4, 0.5) is 4.79 Å². The van der Waals surface area contributed by atoms with E-state index in [-0.39, 0.29) is 13.1 Å². The number of carbonyl (C=O) groups excluding carboxylic acids is 1. The van der Waals surface area contributed by atoms with Crippen molar-refractivity contribution in [3.63, 3.8) is 0 Å². The van der Waals surface area contributed by atoms with E-state index in [1.54, 1.807) is 11.7 Å². The maximum atomic E-state index is 11.8. The maximum absolute atomic E-state index is 11.8. The van der Waals surface area contributed by atoms with E-state index in [2.05, 4.69) is 17.0 Å². The fraction of sp³-hybridized carbons (Fsp3) is 0.417. The van der Waals surface area contributed by atoms with Crippen LogP contribution in [0.1, 0.15) is 11.3 Å². The molecule has 0 atom stereocenters. The molecule has 0 radical (unpaired) electrons. The number of hydrogen-bond donors (Lipinski definition) is 2. The highest BCUT2D eigenvalue weighted by atomic mass is 16.4. The Labute approximate surface area is 111 Å². The van der Waals surface area contributed by atoms with Gasteiger partial charge in [0.2, 0.25) is 0 Å². The van der Waals surface area contributed by atoms with Gasteiger partial charge in [0, 0.05) is 31.9 Å². The lowest BCUT2D eigenvalue weighted by Crippen LogP contribution is -2.42. The van der Waals surface area contributed by atoms with Gasteiger partial charge in [-0.3, -0.25) is 9.48 Å². The second-order valence-corrected chi connectivity index (χ2v) is 4.14. The van der Waals surface area contributed by atoms with Crippen molar-refractivity contribution in [3.05, 3.63) is 30.1 Å². The van der Waals surface area contributed by atoms with Crippen LogP contribution < -0.4 is 5.32 Å². The summed E-state index contributed by atoms with van der Waals surface area (Å²) in [6.45, 7) is 5.48. The quantitative estimate of drug-likeness (QED) is 0.734. The zero-order chi connectivity index (χ0) is 14.4. The van der Waals surface area contributed by atoms with E-state index in [1.807, 2.05) is 13.1 Å². The molecule has 1 rings (SSSR count). The lowest BCUT2D eigenvalue weighted by Gasteiger charge is -2.19. The number of aryl methyl sites for hydroxylation is 2. The highest BCUT2D eigenvalue weighted by molar-refractivity contribution is 5.80. The van der Waals surface area contributed by atoms with Crippen LogP contribution in [-0.2, 0) is 18.4 Å². The molecule has 104 valence electrons. The van der Waals surface area contributed by atoms with Crippen LogP contribution in [0.2, 0.25) is 0 Å². The lowest BCUT2D eigenvalue weighted by molar-refractivity contribution is -0.137. The van der Waals surface area contributed by atoms with Crippen molar-refractivity contribution in [3.8, 4) is 0 Å². The fourth-order valence-electron chi connectivity index (χ4n) is 1.64. The first kappa shape index (κ1) is 14.7. The average Bonchev–Trinajstić information content (AvgIpc) is 2.63. The van der Waals surface area contributed by atoms with Crippen molar-refractivity contribution in [2.45, 2.75) is 13.5 Å². The van der Waals surface area contributed by atoms with Crippen molar-refractivity contribution >= 4 is 12.0 Å². The van der Waals surface area contributed by atoms with E-state index in [0.717, 1.165) is 11.3 Å². The van der Waals surface area contributed by atoms with Crippen LogP contribution in [0, 0.1) is 6.92 Å². The van der Waals surface area contributed by atoms with Gasteiger partial charge in [0.1, 0.15) is 6.54 Å². The SMILES string of the molecule is C=CCN(CC(=O)O)C(=O)NCc1cn(C)nc1C. The number of aromatic nitrogens is 2. The maximum Gasteiger partial charge on any atom is 0.323 e. The van der Waals surface area contributed by atoms with E-state index in [0.29, 0.717) is 6.54 Å². The monoisotopic (exact) mass is 266 g/mol. The molecular weight excluding hydrogens is 248 g/mol. The number of carboxylic acids is 1. The molecule has 19 heavy (non-hydrogen) atoms. The smallest absolute Gasteiger partial charge is 0.323 e. The van der Waals surface area contributed by atoms with Gasteiger partial charge < -0.3 is 15.3 Å². The van der Waals surface area contributed by atoms with Crippen LogP contribution >= 0.6 is 0 Å². The van der Waals surface area contributed by atoms with Crippen molar-refractivity contribution < 1.29 is 14.7 Å². The molecule has 0 bridgehead atoms. The van der Waals surface area contributed by atoms with Gasteiger partial charge in [-0.1, -0.05) is 6.08 Å². The van der Waals surface area contributed by atoms with E-state index in [4.69, 9.17) is 5.11 Å². The van der Waals surface area contributed by atoms with Crippen LogP contribution in [0.3, 0.4) is 0 Å². The minimum atomic E-state index is -1.06. The third-order valence-electron chi connectivity index (χ3n) is 2.51. The highest BCUT2D eigenvalue weighted by Gasteiger charge is 2.15. The number of aliphatic carboxylic acids is 1. The van der Waals surface area contributed by atoms with Gasteiger partial charge in [-0.05, 0) is 6.92 Å². The van der Waals surface area contributed by atoms with Gasteiger partial charge >= 0.3 is 12.0 Å². The molecule has 0 unspecified atom stereocenters. The van der Waals surface area contributed by atoms with E-state index < -0.39 is 12.0 Å². The van der Waals surface area contributed by atoms with Gasteiger partial charge in [0.15, 0.2) is 0 Å². The second kappa shape index (κ2) is 6.58. The standard InChI is InChI=1S/C12H18N4O3/c1-4-5-16(8-11(17)18)12(19)13-6-10-7-15(3)14-9(10)2/h4,7H,1,5-6,8H2,2-3H3,(H,13,19)(H,17,18). The molecule has 1 aromatic rings. The van der Waals surface area contributed by atoms with Crippen LogP contribution in [0.5, 0.6) is 0 Å². The van der Waals surface area contributed by atoms with Crippen molar-refractivity contribution in [1.29, 1.82) is 0 Å². The summed E-state index contributed by atoms with van der Waals surface area (Å²) in [4.78, 5) is 23.7. The van der Waals surface area contributed by atoms with Gasteiger partial charge in [-0.15, -0.1) is 6.58 Å². The molecule has 0 aliphatic heterocycles. The van der Waals surface area contributed by atoms with Gasteiger partial charge in [-0.2, -0.15) is 5.10 Å². The van der Waals surface area contributed by atoms with E-state index in [1.165, 1.54) is 11.0 Å². The Morgan fingerprint density at radius 2 is 2.32 bits per heavy atom. The number of carbonyl (C=O) groups is 2. The molecule has 0 aromatic carbocycles. The average molecular weight is 266 g/mol. The molecule has 0 spiro atoms. The molecule has 1 heterocycles. The number of hydrogen-bond acceptors (Lipinski definition) is 3. The molecule has 7 nitrogen and oxygen atoms in total. The van der Waals surface area contributed by atoms with E-state index in [9.17, 15) is 9.59 Å². The number of rotatable bonds is 6. The third-order valence-corrected chi connectivity index (χ3v) is 2.51. The summed E-state index contributed by atoms with van der Waals surface area (Å²) in [5, 5.41) is 15.5. The summed E-state index contributed by atoms with van der Waals surface area (Å²) in [6.07, 6.45) is 3.29. The Morgan fingerprint density at radius 1 is 1.63 bits per heavy atom. The minimum Gasteiger partial charge on any atom is -0.480 e. The predicted molar refractivity (Wildman–Crippen MR) is 69.6 cm³/mol. The Kier molecular flexibility index (Phi) is 5.11. The number of urea groups is 1. The van der Waals surface area contributed by atoms with Gasteiger partial charge in [-0.25, -0.2) is 4.79 Å². The van der Waals surface area contributed by atoms with Crippen LogP contribution in [0.25, 0.3) is 0 Å². The predicted octanol–water partition coefficient (Wildman–Crippen LogP) is 0.511. The fourth-order valence-corrected chi connectivity index (χ4v) is 1.64. The van der Waals surface area contributed by atoms with E-state index >= 15 is 0 Å². The van der Waals surface area contributed by atoms with Gasteiger partial charge in [0.25, 0.3) is 0 Å².